The summed E-state index contributed by atoms with van der Waals surface area (Å²) >= 11 is 1.44. The number of benzene rings is 3. The van der Waals surface area contributed by atoms with Gasteiger partial charge >= 0.3 is 0 Å². The molecule has 4 rings (SSSR count). The van der Waals surface area contributed by atoms with Crippen molar-refractivity contribution >= 4 is 28.4 Å². The van der Waals surface area contributed by atoms with Gasteiger partial charge in [-0.2, -0.15) is 5.10 Å². The van der Waals surface area contributed by atoms with Gasteiger partial charge in [-0.3, -0.25) is 15.5 Å². The van der Waals surface area contributed by atoms with E-state index in [1.165, 1.54) is 29.0 Å². The lowest BCUT2D eigenvalue weighted by molar-refractivity contribution is -0.384. The van der Waals surface area contributed by atoms with E-state index in [9.17, 15) is 10.1 Å². The Hall–Kier alpha value is -4.30. The van der Waals surface area contributed by atoms with Crippen molar-refractivity contribution < 1.29 is 9.66 Å². The highest BCUT2D eigenvalue weighted by atomic mass is 32.1. The number of nitrogens with one attached hydrogen (secondary N) is 1. The average molecular weight is 485 g/mol. The number of thiazole rings is 1. The van der Waals surface area contributed by atoms with Gasteiger partial charge in [0, 0.05) is 23.3 Å². The third-order valence-electron chi connectivity index (χ3n) is 5.24. The second-order valence-electron chi connectivity index (χ2n) is 7.83. The first-order chi connectivity index (χ1) is 17.0. The van der Waals surface area contributed by atoms with Crippen LogP contribution in [0.1, 0.15) is 16.7 Å². The monoisotopic (exact) mass is 484 g/mol. The summed E-state index contributed by atoms with van der Waals surface area (Å²) in [7, 11) is 0. The molecule has 0 spiro atoms. The van der Waals surface area contributed by atoms with Gasteiger partial charge in [-0.05, 0) is 49.2 Å². The van der Waals surface area contributed by atoms with Gasteiger partial charge in [-0.25, -0.2) is 4.98 Å². The van der Waals surface area contributed by atoms with Gasteiger partial charge in [0.2, 0.25) is 5.13 Å². The van der Waals surface area contributed by atoms with Crippen LogP contribution in [0.25, 0.3) is 21.7 Å². The smallest absolute Gasteiger partial charge is 0.269 e. The number of hydrazone groups is 1. The molecule has 176 valence electrons. The molecule has 4 aromatic rings. The molecule has 0 aliphatic rings. The van der Waals surface area contributed by atoms with Crippen LogP contribution in [0.4, 0.5) is 10.8 Å². The molecule has 0 atom stereocenters. The van der Waals surface area contributed by atoms with Crippen LogP contribution in [0.3, 0.4) is 0 Å². The maximum Gasteiger partial charge on any atom is 0.269 e. The van der Waals surface area contributed by atoms with Crippen LogP contribution in [0.5, 0.6) is 5.75 Å². The molecule has 0 saturated carbocycles. The summed E-state index contributed by atoms with van der Waals surface area (Å²) in [5.41, 5.74) is 8.82. The van der Waals surface area contributed by atoms with Crippen LogP contribution >= 0.6 is 11.3 Å². The molecule has 0 aliphatic heterocycles. The number of para-hydroxylation sites is 1. The summed E-state index contributed by atoms with van der Waals surface area (Å²) in [5.74, 6) is 0.708. The first-order valence-corrected chi connectivity index (χ1v) is 11.7. The molecule has 0 aliphatic carbocycles. The maximum absolute atomic E-state index is 11.1. The number of rotatable bonds is 9. The molecule has 0 fully saturated rings. The summed E-state index contributed by atoms with van der Waals surface area (Å²) < 4.78 is 5.68. The predicted molar refractivity (Wildman–Crippen MR) is 142 cm³/mol. The van der Waals surface area contributed by atoms with Crippen molar-refractivity contribution in [2.75, 3.05) is 12.0 Å². The molecule has 0 amide bonds. The first-order valence-electron chi connectivity index (χ1n) is 10.9. The minimum Gasteiger partial charge on any atom is -0.489 e. The fourth-order valence-corrected chi connectivity index (χ4v) is 4.52. The normalized spacial score (nSPS) is 10.9. The van der Waals surface area contributed by atoms with E-state index in [2.05, 4.69) is 29.2 Å². The Kier molecular flexibility index (Phi) is 7.32. The van der Waals surface area contributed by atoms with Crippen LogP contribution in [0, 0.1) is 24.0 Å². The predicted octanol–water partition coefficient (Wildman–Crippen LogP) is 7.01. The number of nitro benzene ring substituents is 1. The van der Waals surface area contributed by atoms with E-state index in [4.69, 9.17) is 9.72 Å². The highest BCUT2D eigenvalue weighted by Gasteiger charge is 2.17. The lowest BCUT2D eigenvalue weighted by atomic mass is 10.0. The van der Waals surface area contributed by atoms with Crippen molar-refractivity contribution in [2.45, 2.75) is 13.8 Å². The van der Waals surface area contributed by atoms with E-state index < -0.39 is 4.92 Å². The van der Waals surface area contributed by atoms with Crippen LogP contribution in [-0.2, 0) is 0 Å². The van der Waals surface area contributed by atoms with Crippen molar-refractivity contribution in [1.29, 1.82) is 0 Å². The number of hydrogen-bond acceptors (Lipinski definition) is 7. The molecule has 7 nitrogen and oxygen atoms in total. The molecule has 8 heteroatoms. The quantitative estimate of drug-likeness (QED) is 0.119. The van der Waals surface area contributed by atoms with Crippen molar-refractivity contribution in [3.8, 4) is 27.4 Å². The van der Waals surface area contributed by atoms with Gasteiger partial charge in [0.15, 0.2) is 0 Å². The summed E-state index contributed by atoms with van der Waals surface area (Å²) in [4.78, 5) is 16.4. The zero-order chi connectivity index (χ0) is 24.8. The largest absolute Gasteiger partial charge is 0.489 e. The number of aryl methyl sites for hydroxylation is 2. The fraction of sp³-hybridized carbons (Fsp3) is 0.111. The molecule has 0 radical (unpaired) electrons. The summed E-state index contributed by atoms with van der Waals surface area (Å²) in [6, 6.07) is 20.3. The minimum absolute atomic E-state index is 0.0478. The molecule has 1 aromatic heterocycles. The standard InChI is InChI=1S/C27H24N4O3S/c1-4-15-34-24-8-6-5-7-21(24)17-28-30-27-29-25(23-14-9-18(2)16-19(23)3)26(35-27)20-10-12-22(13-11-20)31(32)33/h4-14,16-17H,1,15H2,2-3H3,(H,29,30)/b28-17-. The SMILES string of the molecule is C=CCOc1ccccc1/C=N\Nc1nc(-c2ccc(C)cc2C)c(-c2ccc([N+](=O)[O-])cc2)s1. The van der Waals surface area contributed by atoms with Crippen LogP contribution in [0.15, 0.2) is 84.5 Å². The molecule has 0 saturated heterocycles. The number of anilines is 1. The summed E-state index contributed by atoms with van der Waals surface area (Å²) in [6.07, 6.45) is 3.37. The van der Waals surface area contributed by atoms with E-state index in [-0.39, 0.29) is 5.69 Å². The molecule has 1 heterocycles. The van der Waals surface area contributed by atoms with E-state index in [1.807, 2.05) is 44.2 Å². The molecular weight excluding hydrogens is 460 g/mol. The van der Waals surface area contributed by atoms with Crippen molar-refractivity contribution in [2.24, 2.45) is 5.10 Å². The third-order valence-corrected chi connectivity index (χ3v) is 6.25. The van der Waals surface area contributed by atoms with Crippen LogP contribution < -0.4 is 10.2 Å². The number of aromatic nitrogens is 1. The number of nitro groups is 1. The Balaban J connectivity index is 1.68. The van der Waals surface area contributed by atoms with Gasteiger partial charge in [-0.1, -0.05) is 59.9 Å². The summed E-state index contributed by atoms with van der Waals surface area (Å²) in [6.45, 7) is 8.18. The second kappa shape index (κ2) is 10.8. The Morgan fingerprint density at radius 1 is 1.14 bits per heavy atom. The van der Waals surface area contributed by atoms with Gasteiger partial charge in [0.05, 0.1) is 21.7 Å². The third kappa shape index (κ3) is 5.62. The molecule has 3 aromatic carbocycles. The van der Waals surface area contributed by atoms with E-state index in [0.717, 1.165) is 32.8 Å². The topological polar surface area (TPSA) is 89.7 Å². The fourth-order valence-electron chi connectivity index (χ4n) is 3.58. The van der Waals surface area contributed by atoms with E-state index in [0.29, 0.717) is 17.5 Å². The summed E-state index contributed by atoms with van der Waals surface area (Å²) in [5, 5.41) is 16.1. The number of hydrogen-bond donors (Lipinski definition) is 1. The molecule has 0 bridgehead atoms. The molecule has 35 heavy (non-hydrogen) atoms. The molecule has 0 unspecified atom stereocenters. The molecular formula is C27H24N4O3S. The van der Waals surface area contributed by atoms with Crippen LogP contribution in [-0.4, -0.2) is 22.7 Å². The average Bonchev–Trinajstić information content (AvgIpc) is 3.27. The zero-order valence-electron chi connectivity index (χ0n) is 19.4. The van der Waals surface area contributed by atoms with E-state index in [1.54, 1.807) is 24.4 Å². The highest BCUT2D eigenvalue weighted by molar-refractivity contribution is 7.19. The highest BCUT2D eigenvalue weighted by Crippen LogP contribution is 2.40. The van der Waals surface area contributed by atoms with Gasteiger partial charge in [0.25, 0.3) is 5.69 Å². The second-order valence-corrected chi connectivity index (χ2v) is 8.83. The van der Waals surface area contributed by atoms with E-state index >= 15 is 0 Å². The Morgan fingerprint density at radius 3 is 2.63 bits per heavy atom. The Labute approximate surface area is 207 Å². The lowest BCUT2D eigenvalue weighted by Gasteiger charge is -2.07. The van der Waals surface area contributed by atoms with Gasteiger partial charge in [0.1, 0.15) is 12.4 Å². The van der Waals surface area contributed by atoms with Crippen LogP contribution in [0.2, 0.25) is 0 Å². The number of ether oxygens (including phenoxy) is 1. The van der Waals surface area contributed by atoms with Crippen molar-refractivity contribution in [3.63, 3.8) is 0 Å². The van der Waals surface area contributed by atoms with Crippen molar-refractivity contribution in [1.82, 2.24) is 4.98 Å². The van der Waals surface area contributed by atoms with Crippen molar-refractivity contribution in [3.05, 3.63) is 106 Å². The number of non-ortho nitro benzene ring substituents is 1. The Bertz CT molecular complexity index is 1390. The lowest BCUT2D eigenvalue weighted by Crippen LogP contribution is -1.97. The molecule has 1 N–H and O–H groups in total. The minimum atomic E-state index is -0.403. The van der Waals surface area contributed by atoms with Gasteiger partial charge in [-0.15, -0.1) is 0 Å². The first kappa shape index (κ1) is 23.8. The number of nitrogens with zero attached hydrogens (tertiary/aromatic N) is 3. The van der Waals surface area contributed by atoms with Gasteiger partial charge < -0.3 is 4.74 Å². The Morgan fingerprint density at radius 2 is 1.91 bits per heavy atom. The maximum atomic E-state index is 11.1. The zero-order valence-corrected chi connectivity index (χ0v) is 20.2.